The number of ether oxygens (including phenoxy) is 1. The van der Waals surface area contributed by atoms with Crippen LogP contribution in [0.4, 0.5) is 5.69 Å². The average Bonchev–Trinajstić information content (AvgIpc) is 3.11. The predicted octanol–water partition coefficient (Wildman–Crippen LogP) is 4.92. The molecule has 0 unspecified atom stereocenters. The molecule has 0 radical (unpaired) electrons. The summed E-state index contributed by atoms with van der Waals surface area (Å²) >= 11 is 0. The topological polar surface area (TPSA) is 71.2 Å². The van der Waals surface area contributed by atoms with Crippen LogP contribution in [-0.4, -0.2) is 24.0 Å². The molecule has 2 N–H and O–H groups in total. The van der Waals surface area contributed by atoms with Crippen LogP contribution in [0.3, 0.4) is 0 Å². The van der Waals surface area contributed by atoms with Crippen LogP contribution in [-0.2, 0) is 11.2 Å². The van der Waals surface area contributed by atoms with Crippen molar-refractivity contribution in [3.63, 3.8) is 0 Å². The van der Waals surface area contributed by atoms with E-state index in [4.69, 9.17) is 4.74 Å². The smallest absolute Gasteiger partial charge is 0.338 e. The minimum Gasteiger partial charge on any atom is -0.465 e. The van der Waals surface area contributed by atoms with Crippen LogP contribution < -0.4 is 5.32 Å². The van der Waals surface area contributed by atoms with E-state index in [2.05, 4.69) is 35.4 Å². The van der Waals surface area contributed by atoms with Crippen molar-refractivity contribution in [2.45, 2.75) is 13.3 Å². The number of carbonyl (C=O) groups excluding carboxylic acids is 2. The first-order chi connectivity index (χ1) is 13.6. The molecule has 3 aromatic carbocycles. The van der Waals surface area contributed by atoms with E-state index in [0.29, 0.717) is 5.69 Å². The number of rotatable bonds is 4. The zero-order valence-corrected chi connectivity index (χ0v) is 15.7. The summed E-state index contributed by atoms with van der Waals surface area (Å²) in [5.41, 5.74) is 4.50. The molecule has 4 aromatic rings. The standard InChI is InChI=1S/C23H20N2O3/c1-3-14-7-6-10-17-16-12-11-15(13-20(16)25-21(14)17)24-22(26)18-8-4-5-9-19(18)23(27)28-2/h4-13,25H,3H2,1-2H3,(H,24,26). The Morgan fingerprint density at radius 1 is 0.964 bits per heavy atom. The number of methoxy groups -OCH3 is 1. The van der Waals surface area contributed by atoms with Gasteiger partial charge in [0.25, 0.3) is 5.91 Å². The lowest BCUT2D eigenvalue weighted by Gasteiger charge is -2.09. The van der Waals surface area contributed by atoms with Gasteiger partial charge in [-0.1, -0.05) is 43.3 Å². The number of H-pyrrole nitrogens is 1. The molecule has 0 aliphatic rings. The number of aromatic nitrogens is 1. The number of carbonyl (C=O) groups is 2. The van der Waals surface area contributed by atoms with Crippen LogP contribution in [0.2, 0.25) is 0 Å². The second-order valence-corrected chi connectivity index (χ2v) is 6.57. The van der Waals surface area contributed by atoms with E-state index < -0.39 is 5.97 Å². The van der Waals surface area contributed by atoms with Crippen LogP contribution >= 0.6 is 0 Å². The SMILES string of the molecule is CCc1cccc2c1[nH]c1cc(NC(=O)c3ccccc3C(=O)OC)ccc12. The van der Waals surface area contributed by atoms with Crippen LogP contribution in [0.15, 0.2) is 60.7 Å². The molecule has 0 saturated carbocycles. The Labute approximate surface area is 162 Å². The van der Waals surface area contributed by atoms with Crippen molar-refractivity contribution in [3.8, 4) is 0 Å². The fourth-order valence-electron chi connectivity index (χ4n) is 3.53. The normalized spacial score (nSPS) is 10.9. The number of fused-ring (bicyclic) bond motifs is 3. The maximum atomic E-state index is 12.7. The molecule has 0 atom stereocenters. The largest absolute Gasteiger partial charge is 0.465 e. The van der Waals surface area contributed by atoms with E-state index in [1.165, 1.54) is 18.1 Å². The maximum absolute atomic E-state index is 12.7. The minimum absolute atomic E-state index is 0.238. The van der Waals surface area contributed by atoms with Gasteiger partial charge in [0.2, 0.25) is 0 Å². The first kappa shape index (κ1) is 17.8. The molecule has 0 aliphatic carbocycles. The molecule has 5 heteroatoms. The van der Waals surface area contributed by atoms with Crippen molar-refractivity contribution >= 4 is 39.4 Å². The van der Waals surface area contributed by atoms with Crippen LogP contribution in [0.5, 0.6) is 0 Å². The van der Waals surface area contributed by atoms with Gasteiger partial charge in [-0.05, 0) is 36.2 Å². The molecule has 5 nitrogen and oxygen atoms in total. The van der Waals surface area contributed by atoms with Gasteiger partial charge in [0.1, 0.15) is 0 Å². The highest BCUT2D eigenvalue weighted by Gasteiger charge is 2.17. The van der Waals surface area contributed by atoms with E-state index >= 15 is 0 Å². The van der Waals surface area contributed by atoms with Gasteiger partial charge in [-0.3, -0.25) is 4.79 Å². The van der Waals surface area contributed by atoms with E-state index in [1.807, 2.05) is 18.2 Å². The summed E-state index contributed by atoms with van der Waals surface area (Å²) in [5.74, 6) is -0.894. The van der Waals surface area contributed by atoms with E-state index in [0.717, 1.165) is 22.8 Å². The Balaban J connectivity index is 1.70. The maximum Gasteiger partial charge on any atom is 0.338 e. The van der Waals surface area contributed by atoms with Gasteiger partial charge in [0.05, 0.1) is 18.2 Å². The first-order valence-electron chi connectivity index (χ1n) is 9.14. The summed E-state index contributed by atoms with van der Waals surface area (Å²) in [6.07, 6.45) is 0.943. The summed E-state index contributed by atoms with van der Waals surface area (Å²) < 4.78 is 4.77. The molecular formula is C23H20N2O3. The summed E-state index contributed by atoms with van der Waals surface area (Å²) in [4.78, 5) is 28.1. The monoisotopic (exact) mass is 372 g/mol. The Bertz CT molecular complexity index is 1210. The molecule has 28 heavy (non-hydrogen) atoms. The highest BCUT2D eigenvalue weighted by atomic mass is 16.5. The predicted molar refractivity (Wildman–Crippen MR) is 111 cm³/mol. The van der Waals surface area contributed by atoms with Gasteiger partial charge >= 0.3 is 5.97 Å². The third-order valence-corrected chi connectivity index (χ3v) is 4.94. The second kappa shape index (κ2) is 7.19. The lowest BCUT2D eigenvalue weighted by Crippen LogP contribution is -2.17. The number of hydrogen-bond donors (Lipinski definition) is 2. The zero-order chi connectivity index (χ0) is 19.7. The second-order valence-electron chi connectivity index (χ2n) is 6.57. The molecule has 140 valence electrons. The lowest BCUT2D eigenvalue weighted by molar-refractivity contribution is 0.0597. The first-order valence-corrected chi connectivity index (χ1v) is 9.14. The van der Waals surface area contributed by atoms with E-state index in [-0.39, 0.29) is 17.0 Å². The number of nitrogens with one attached hydrogen (secondary N) is 2. The van der Waals surface area contributed by atoms with Gasteiger partial charge in [-0.2, -0.15) is 0 Å². The lowest BCUT2D eigenvalue weighted by atomic mass is 10.1. The summed E-state index contributed by atoms with van der Waals surface area (Å²) in [5, 5.41) is 5.16. The summed E-state index contributed by atoms with van der Waals surface area (Å²) in [6.45, 7) is 2.13. The molecule has 1 heterocycles. The number of esters is 1. The number of aryl methyl sites for hydroxylation is 1. The highest BCUT2D eigenvalue weighted by molar-refractivity contribution is 6.13. The highest BCUT2D eigenvalue weighted by Crippen LogP contribution is 2.30. The van der Waals surface area contributed by atoms with Crippen molar-refractivity contribution < 1.29 is 14.3 Å². The Morgan fingerprint density at radius 3 is 2.50 bits per heavy atom. The van der Waals surface area contributed by atoms with Gasteiger partial charge in [0, 0.05) is 27.5 Å². The number of aromatic amines is 1. The number of anilines is 1. The molecular weight excluding hydrogens is 352 g/mol. The molecule has 0 spiro atoms. The number of benzene rings is 3. The Hall–Kier alpha value is -3.60. The molecule has 4 rings (SSSR count). The van der Waals surface area contributed by atoms with Gasteiger partial charge < -0.3 is 15.0 Å². The fourth-order valence-corrected chi connectivity index (χ4v) is 3.53. The molecule has 1 aromatic heterocycles. The summed E-state index contributed by atoms with van der Waals surface area (Å²) in [6, 6.07) is 18.6. The van der Waals surface area contributed by atoms with E-state index in [1.54, 1.807) is 24.3 Å². The molecule has 0 saturated heterocycles. The Kier molecular flexibility index (Phi) is 4.57. The van der Waals surface area contributed by atoms with Crippen LogP contribution in [0.1, 0.15) is 33.2 Å². The Morgan fingerprint density at radius 2 is 1.75 bits per heavy atom. The molecule has 0 bridgehead atoms. The number of amides is 1. The van der Waals surface area contributed by atoms with Crippen molar-refractivity contribution in [3.05, 3.63) is 77.4 Å². The summed E-state index contributed by atoms with van der Waals surface area (Å²) in [7, 11) is 1.30. The molecule has 1 amide bonds. The van der Waals surface area contributed by atoms with Crippen LogP contribution in [0.25, 0.3) is 21.8 Å². The fraction of sp³-hybridized carbons (Fsp3) is 0.130. The van der Waals surface area contributed by atoms with Crippen molar-refractivity contribution in [2.24, 2.45) is 0 Å². The minimum atomic E-state index is -0.538. The van der Waals surface area contributed by atoms with E-state index in [9.17, 15) is 9.59 Å². The van der Waals surface area contributed by atoms with Crippen molar-refractivity contribution in [1.29, 1.82) is 0 Å². The quantitative estimate of drug-likeness (QED) is 0.499. The van der Waals surface area contributed by atoms with Gasteiger partial charge in [-0.25, -0.2) is 4.79 Å². The molecule has 0 aliphatic heterocycles. The van der Waals surface area contributed by atoms with Crippen molar-refractivity contribution in [2.75, 3.05) is 12.4 Å². The third-order valence-electron chi connectivity index (χ3n) is 4.94. The van der Waals surface area contributed by atoms with Gasteiger partial charge in [0.15, 0.2) is 0 Å². The average molecular weight is 372 g/mol. The zero-order valence-electron chi connectivity index (χ0n) is 15.7. The number of para-hydroxylation sites is 1. The van der Waals surface area contributed by atoms with Gasteiger partial charge in [-0.15, -0.1) is 0 Å². The molecule has 0 fully saturated rings. The third kappa shape index (κ3) is 3.01. The van der Waals surface area contributed by atoms with Crippen LogP contribution in [0, 0.1) is 0 Å². The van der Waals surface area contributed by atoms with Crippen molar-refractivity contribution in [1.82, 2.24) is 4.98 Å². The number of hydrogen-bond acceptors (Lipinski definition) is 3.